The predicted octanol–water partition coefficient (Wildman–Crippen LogP) is 5.66. The number of hydrogen-bond acceptors (Lipinski definition) is 6. The van der Waals surface area contributed by atoms with Crippen LogP contribution in [0.2, 0.25) is 5.02 Å². The van der Waals surface area contributed by atoms with Crippen LogP contribution in [0.3, 0.4) is 0 Å². The minimum Gasteiger partial charge on any atom is -0.467 e. The molecule has 206 valence electrons. The molecule has 40 heavy (non-hydrogen) atoms. The van der Waals surface area contributed by atoms with E-state index in [0.29, 0.717) is 39.6 Å². The summed E-state index contributed by atoms with van der Waals surface area (Å²) < 4.78 is 11.9. The maximum Gasteiger partial charge on any atom is 0.413 e. The minimum absolute atomic E-state index is 0.296. The molecule has 4 rings (SSSR count). The van der Waals surface area contributed by atoms with Gasteiger partial charge in [0.15, 0.2) is 0 Å². The van der Waals surface area contributed by atoms with E-state index in [-0.39, 0.29) is 0 Å². The highest BCUT2D eigenvalue weighted by Crippen LogP contribution is 2.26. The number of anilines is 1. The highest BCUT2D eigenvalue weighted by Gasteiger charge is 2.23. The molecule has 0 bridgehead atoms. The lowest BCUT2D eigenvalue weighted by molar-refractivity contribution is -0.142. The number of esters is 1. The van der Waals surface area contributed by atoms with Crippen molar-refractivity contribution in [3.05, 3.63) is 112 Å². The van der Waals surface area contributed by atoms with Crippen LogP contribution in [0.4, 0.5) is 10.6 Å². The van der Waals surface area contributed by atoms with Crippen molar-refractivity contribution >= 4 is 35.4 Å². The molecular formula is C30H29ClN4O5. The fourth-order valence-corrected chi connectivity index (χ4v) is 4.40. The van der Waals surface area contributed by atoms with Gasteiger partial charge in [0.1, 0.15) is 18.0 Å². The monoisotopic (exact) mass is 560 g/mol. The summed E-state index contributed by atoms with van der Waals surface area (Å²) in [6, 6.07) is 22.3. The summed E-state index contributed by atoms with van der Waals surface area (Å²) in [6.45, 7) is 3.54. The van der Waals surface area contributed by atoms with Gasteiger partial charge in [-0.05, 0) is 49.7 Å². The fourth-order valence-electron chi connectivity index (χ4n) is 4.11. The number of rotatable bonds is 9. The molecule has 10 heteroatoms. The number of ether oxygens (including phenoxy) is 2. The third-order valence-electron chi connectivity index (χ3n) is 6.25. The van der Waals surface area contributed by atoms with Gasteiger partial charge in [-0.3, -0.25) is 10.1 Å². The molecule has 0 radical (unpaired) electrons. The number of nitrogens with one attached hydrogen (secondary N) is 2. The van der Waals surface area contributed by atoms with Crippen molar-refractivity contribution in [2.24, 2.45) is 0 Å². The molecule has 1 unspecified atom stereocenters. The first-order chi connectivity index (χ1) is 19.3. The third kappa shape index (κ3) is 6.86. The normalized spacial score (nSPS) is 12.2. The van der Waals surface area contributed by atoms with Crippen molar-refractivity contribution in [2.75, 3.05) is 12.4 Å². The summed E-state index contributed by atoms with van der Waals surface area (Å²) in [4.78, 5) is 38.0. The maximum absolute atomic E-state index is 12.9. The number of aryl methyl sites for hydroxylation is 1. The fraction of sp³-hybridized carbons (Fsp3) is 0.200. The van der Waals surface area contributed by atoms with E-state index in [0.717, 1.165) is 5.56 Å². The molecule has 1 aromatic heterocycles. The smallest absolute Gasteiger partial charge is 0.413 e. The molecule has 0 spiro atoms. The number of carbonyl (C=O) groups excluding carboxylic acids is 3. The Bertz CT molecular complexity index is 1490. The molecule has 0 aliphatic carbocycles. The standard InChI is InChI=1S/C30H29ClN4O5/c1-19-18-32-35(27(19)34-30(38)40-20(2)24-11-7-8-12-25(24)31)23-15-13-22(14-16-23)28(36)33-26(29(37)39-3)17-21-9-5-4-6-10-21/h4-16,18,20,26H,17H2,1-3H3,(H,33,36)(H,34,38)/t20?,26-/m1/s1. The van der Waals surface area contributed by atoms with Gasteiger partial charge >= 0.3 is 12.1 Å². The lowest BCUT2D eigenvalue weighted by atomic mass is 10.1. The Kier molecular flexibility index (Phi) is 9.19. The van der Waals surface area contributed by atoms with Gasteiger partial charge in [0.05, 0.1) is 19.0 Å². The minimum atomic E-state index is -0.844. The summed E-state index contributed by atoms with van der Waals surface area (Å²) in [5.74, 6) is -0.542. The molecule has 3 aromatic carbocycles. The van der Waals surface area contributed by atoms with E-state index in [1.165, 1.54) is 11.8 Å². The highest BCUT2D eigenvalue weighted by molar-refractivity contribution is 6.31. The van der Waals surface area contributed by atoms with Crippen LogP contribution in [0, 0.1) is 6.92 Å². The summed E-state index contributed by atoms with van der Waals surface area (Å²) >= 11 is 6.22. The SMILES string of the molecule is COC(=O)[C@@H](Cc1ccccc1)NC(=O)c1ccc(-n2ncc(C)c2NC(=O)OC(C)c2ccccc2Cl)cc1. The van der Waals surface area contributed by atoms with E-state index in [1.54, 1.807) is 62.5 Å². The van der Waals surface area contributed by atoms with Crippen LogP contribution >= 0.6 is 11.6 Å². The number of methoxy groups -OCH3 is 1. The Morgan fingerprint density at radius 1 is 0.975 bits per heavy atom. The van der Waals surface area contributed by atoms with Crippen molar-refractivity contribution in [2.45, 2.75) is 32.4 Å². The quantitative estimate of drug-likeness (QED) is 0.256. The first kappa shape index (κ1) is 28.4. The Labute approximate surface area is 237 Å². The van der Waals surface area contributed by atoms with Gasteiger partial charge < -0.3 is 14.8 Å². The van der Waals surface area contributed by atoms with Crippen molar-refractivity contribution in [3.8, 4) is 5.69 Å². The molecule has 0 aliphatic heterocycles. The van der Waals surface area contributed by atoms with E-state index < -0.39 is 30.1 Å². The summed E-state index contributed by atoms with van der Waals surface area (Å²) in [5.41, 5.74) is 3.25. The van der Waals surface area contributed by atoms with E-state index in [9.17, 15) is 14.4 Å². The lowest BCUT2D eigenvalue weighted by Gasteiger charge is -2.17. The van der Waals surface area contributed by atoms with Gasteiger partial charge in [-0.25, -0.2) is 14.3 Å². The summed E-state index contributed by atoms with van der Waals surface area (Å²) in [5, 5.41) is 10.4. The van der Waals surface area contributed by atoms with Crippen LogP contribution in [-0.4, -0.2) is 40.9 Å². The Hall–Kier alpha value is -4.63. The zero-order chi connectivity index (χ0) is 28.6. The van der Waals surface area contributed by atoms with Gasteiger partial charge in [0.25, 0.3) is 5.91 Å². The second kappa shape index (κ2) is 12.9. The zero-order valence-corrected chi connectivity index (χ0v) is 23.0. The largest absolute Gasteiger partial charge is 0.467 e. The Morgan fingerprint density at radius 2 is 1.65 bits per heavy atom. The van der Waals surface area contributed by atoms with Gasteiger partial charge in [0.2, 0.25) is 0 Å². The second-order valence-electron chi connectivity index (χ2n) is 9.07. The Balaban J connectivity index is 1.45. The third-order valence-corrected chi connectivity index (χ3v) is 6.59. The molecule has 2 atom stereocenters. The van der Waals surface area contributed by atoms with Gasteiger partial charge in [-0.1, -0.05) is 60.1 Å². The average Bonchev–Trinajstić information content (AvgIpc) is 3.32. The van der Waals surface area contributed by atoms with Crippen molar-refractivity contribution < 1.29 is 23.9 Å². The van der Waals surface area contributed by atoms with E-state index in [2.05, 4.69) is 15.7 Å². The highest BCUT2D eigenvalue weighted by atomic mass is 35.5. The molecule has 2 N–H and O–H groups in total. The molecule has 1 heterocycles. The van der Waals surface area contributed by atoms with Crippen molar-refractivity contribution in [3.63, 3.8) is 0 Å². The van der Waals surface area contributed by atoms with E-state index >= 15 is 0 Å². The zero-order valence-electron chi connectivity index (χ0n) is 22.3. The van der Waals surface area contributed by atoms with Crippen molar-refractivity contribution in [1.82, 2.24) is 15.1 Å². The van der Waals surface area contributed by atoms with Crippen molar-refractivity contribution in [1.29, 1.82) is 0 Å². The number of benzene rings is 3. The second-order valence-corrected chi connectivity index (χ2v) is 9.48. The number of aromatic nitrogens is 2. The van der Waals surface area contributed by atoms with E-state index in [1.807, 2.05) is 36.4 Å². The molecule has 0 aliphatic rings. The van der Waals surface area contributed by atoms with Crippen LogP contribution in [0.15, 0.2) is 85.1 Å². The van der Waals surface area contributed by atoms with Crippen LogP contribution in [-0.2, 0) is 20.7 Å². The number of carbonyl (C=O) groups is 3. The molecule has 0 saturated carbocycles. The number of amides is 2. The summed E-state index contributed by atoms with van der Waals surface area (Å²) in [6.07, 6.45) is 0.668. The number of nitrogens with zero attached hydrogens (tertiary/aromatic N) is 2. The van der Waals surface area contributed by atoms with Crippen LogP contribution in [0.1, 0.15) is 40.1 Å². The van der Waals surface area contributed by atoms with Crippen LogP contribution in [0.25, 0.3) is 5.69 Å². The molecular weight excluding hydrogens is 532 g/mol. The molecule has 0 saturated heterocycles. The molecule has 4 aromatic rings. The molecule has 9 nitrogen and oxygen atoms in total. The topological polar surface area (TPSA) is 112 Å². The molecule has 0 fully saturated rings. The molecule has 2 amide bonds. The Morgan fingerprint density at radius 3 is 2.33 bits per heavy atom. The summed E-state index contributed by atoms with van der Waals surface area (Å²) in [7, 11) is 1.28. The maximum atomic E-state index is 12.9. The first-order valence-corrected chi connectivity index (χ1v) is 12.9. The first-order valence-electron chi connectivity index (χ1n) is 12.6. The van der Waals surface area contributed by atoms with Gasteiger partial charge in [0, 0.05) is 28.1 Å². The van der Waals surface area contributed by atoms with Crippen LogP contribution in [0.5, 0.6) is 0 Å². The number of hydrogen-bond donors (Lipinski definition) is 2. The average molecular weight is 561 g/mol. The number of halogens is 1. The lowest BCUT2D eigenvalue weighted by Crippen LogP contribution is -2.43. The predicted molar refractivity (Wildman–Crippen MR) is 152 cm³/mol. The van der Waals surface area contributed by atoms with Gasteiger partial charge in [-0.2, -0.15) is 5.10 Å². The van der Waals surface area contributed by atoms with E-state index in [4.69, 9.17) is 21.1 Å². The van der Waals surface area contributed by atoms with Gasteiger partial charge in [-0.15, -0.1) is 0 Å². The van der Waals surface area contributed by atoms with Crippen LogP contribution < -0.4 is 10.6 Å².